The van der Waals surface area contributed by atoms with E-state index in [1.54, 1.807) is 19.2 Å². The number of aromatic nitrogens is 4. The lowest BCUT2D eigenvalue weighted by atomic mass is 10.0. The summed E-state index contributed by atoms with van der Waals surface area (Å²) in [6.45, 7) is 10.6. The lowest BCUT2D eigenvalue weighted by Gasteiger charge is -2.37. The van der Waals surface area contributed by atoms with Crippen LogP contribution in [-0.2, 0) is 0 Å². The molecule has 3 aromatic heterocycles. The number of pyridine rings is 2. The average molecular weight is 606 g/mol. The van der Waals surface area contributed by atoms with Crippen molar-refractivity contribution in [1.82, 2.24) is 24.8 Å². The average Bonchev–Trinajstić information content (AvgIpc) is 2.91. The van der Waals surface area contributed by atoms with Crippen molar-refractivity contribution in [2.24, 2.45) is 0 Å². The van der Waals surface area contributed by atoms with E-state index < -0.39 is 50.1 Å². The van der Waals surface area contributed by atoms with Crippen molar-refractivity contribution >= 4 is 45.7 Å². The van der Waals surface area contributed by atoms with Gasteiger partial charge >= 0.3 is 5.69 Å². The molecule has 4 heterocycles. The Hall–Kier alpha value is -3.41. The van der Waals surface area contributed by atoms with Crippen molar-refractivity contribution in [2.75, 3.05) is 23.7 Å². The van der Waals surface area contributed by atoms with Crippen LogP contribution in [-0.4, -0.2) is 44.7 Å². The van der Waals surface area contributed by atoms with E-state index in [4.69, 9.17) is 28.9 Å². The molecular formula is C28H28Cl2F3N7O. The summed E-state index contributed by atoms with van der Waals surface area (Å²) >= 11 is 11.8. The monoisotopic (exact) mass is 605 g/mol. The topological polar surface area (TPSA) is 102 Å². The molecule has 0 bridgehead atoms. The van der Waals surface area contributed by atoms with Gasteiger partial charge in [0.2, 0.25) is 0 Å². The Balaban J connectivity index is 1.93. The molecule has 0 unspecified atom stereocenters. The van der Waals surface area contributed by atoms with Crippen molar-refractivity contribution < 1.29 is 13.2 Å². The molecule has 1 aliphatic rings. The van der Waals surface area contributed by atoms with Crippen LogP contribution in [0.3, 0.4) is 0 Å². The Kier molecular flexibility index (Phi) is 7.65. The molecule has 0 spiro atoms. The molecule has 0 amide bonds. The number of hydrogen-bond donors (Lipinski definition) is 2. The molecule has 41 heavy (non-hydrogen) atoms. The Morgan fingerprint density at radius 2 is 1.73 bits per heavy atom. The molecule has 216 valence electrons. The van der Waals surface area contributed by atoms with Gasteiger partial charge in [-0.05, 0) is 44.4 Å². The number of fused-ring (bicyclic) bond motifs is 1. The highest BCUT2D eigenvalue weighted by molar-refractivity contribution is 6.37. The predicted octanol–water partition coefficient (Wildman–Crippen LogP) is 5.77. The fraction of sp³-hybridized carbons (Fsp3) is 0.357. The Morgan fingerprint density at radius 3 is 2.37 bits per heavy atom. The third-order valence-corrected chi connectivity index (χ3v) is 7.82. The maximum absolute atomic E-state index is 15.9. The van der Waals surface area contributed by atoms with Crippen molar-refractivity contribution in [3.8, 4) is 16.9 Å². The van der Waals surface area contributed by atoms with Gasteiger partial charge in [-0.25, -0.2) is 27.5 Å². The van der Waals surface area contributed by atoms with Gasteiger partial charge in [-0.3, -0.25) is 4.98 Å². The third-order valence-electron chi connectivity index (χ3n) is 7.12. The normalized spacial score (nSPS) is 17.6. The van der Waals surface area contributed by atoms with E-state index in [9.17, 15) is 9.18 Å². The van der Waals surface area contributed by atoms with E-state index in [0.717, 1.165) is 6.07 Å². The highest BCUT2D eigenvalue weighted by Crippen LogP contribution is 2.42. The SMILES string of the molecule is Cc1ccnc(C(C)C)c1-n1c(=O)nc(N2C[C@@H](C)N[C@@H](C)C2)c2cc(F)c(-c3c(N)c(Cl)c(F)c(Cl)c3F)nc21. The summed E-state index contributed by atoms with van der Waals surface area (Å²) in [5.41, 5.74) is 5.18. The molecule has 1 aliphatic heterocycles. The zero-order chi connectivity index (χ0) is 29.9. The maximum Gasteiger partial charge on any atom is 0.355 e. The Morgan fingerprint density at radius 1 is 1.07 bits per heavy atom. The van der Waals surface area contributed by atoms with Crippen LogP contribution in [0.1, 0.15) is 44.9 Å². The number of benzene rings is 1. The number of nitrogens with one attached hydrogen (secondary N) is 1. The largest absolute Gasteiger partial charge is 0.397 e. The summed E-state index contributed by atoms with van der Waals surface area (Å²) in [4.78, 5) is 29.1. The summed E-state index contributed by atoms with van der Waals surface area (Å²) in [5, 5.41) is 2.00. The number of aryl methyl sites for hydroxylation is 1. The minimum absolute atomic E-state index is 0.0105. The molecule has 3 N–H and O–H groups in total. The number of nitrogen functional groups attached to an aromatic ring is 1. The van der Waals surface area contributed by atoms with Crippen molar-refractivity contribution in [1.29, 1.82) is 0 Å². The smallest absolute Gasteiger partial charge is 0.355 e. The second-order valence-corrected chi connectivity index (χ2v) is 11.4. The molecule has 5 rings (SSSR count). The molecule has 2 atom stereocenters. The minimum atomic E-state index is -1.33. The second-order valence-electron chi connectivity index (χ2n) is 10.7. The highest BCUT2D eigenvalue weighted by atomic mass is 35.5. The van der Waals surface area contributed by atoms with Gasteiger partial charge in [0.25, 0.3) is 0 Å². The second kappa shape index (κ2) is 10.8. The lowest BCUT2D eigenvalue weighted by molar-refractivity contribution is 0.405. The van der Waals surface area contributed by atoms with Crippen molar-refractivity contribution in [3.63, 3.8) is 0 Å². The molecule has 1 aromatic carbocycles. The minimum Gasteiger partial charge on any atom is -0.397 e. The summed E-state index contributed by atoms with van der Waals surface area (Å²) in [7, 11) is 0. The number of piperazine rings is 1. The van der Waals surface area contributed by atoms with Gasteiger partial charge in [-0.1, -0.05) is 37.0 Å². The first-order valence-corrected chi connectivity index (χ1v) is 13.8. The van der Waals surface area contributed by atoms with Gasteiger partial charge in [0, 0.05) is 31.4 Å². The summed E-state index contributed by atoms with van der Waals surface area (Å²) in [6.07, 6.45) is 1.63. The summed E-state index contributed by atoms with van der Waals surface area (Å²) < 4.78 is 46.9. The standard InChI is InChI=1S/C28H28Cl2F3N7O/c1-11(2)23-25(12(3)6-7-35-23)40-27-15(26(38-28(40)41)39-9-13(4)36-14(5)10-39)8-16(31)24(37-27)17-20(32)18(29)21(33)19(30)22(17)34/h6-8,11,13-14,36H,9-10,34H2,1-5H3/t13-,14+. The molecule has 13 heteroatoms. The summed E-state index contributed by atoms with van der Waals surface area (Å²) in [6, 6.07) is 2.97. The zero-order valence-corrected chi connectivity index (χ0v) is 24.5. The van der Waals surface area contributed by atoms with Crippen molar-refractivity contribution in [2.45, 2.75) is 52.6 Å². The van der Waals surface area contributed by atoms with Crippen LogP contribution in [0.4, 0.5) is 24.7 Å². The third kappa shape index (κ3) is 4.89. The van der Waals surface area contributed by atoms with Gasteiger partial charge in [0.15, 0.2) is 23.1 Å². The van der Waals surface area contributed by atoms with E-state index in [-0.39, 0.29) is 34.9 Å². The molecule has 0 saturated carbocycles. The fourth-order valence-electron chi connectivity index (χ4n) is 5.39. The van der Waals surface area contributed by atoms with Crippen molar-refractivity contribution in [3.05, 3.63) is 67.6 Å². The Labute approximate surface area is 244 Å². The lowest BCUT2D eigenvalue weighted by Crippen LogP contribution is -2.55. The molecule has 8 nitrogen and oxygen atoms in total. The van der Waals surface area contributed by atoms with Gasteiger partial charge in [0.05, 0.1) is 28.0 Å². The van der Waals surface area contributed by atoms with Gasteiger partial charge in [-0.15, -0.1) is 0 Å². The van der Waals surface area contributed by atoms with Crippen LogP contribution in [0.15, 0.2) is 23.1 Å². The highest BCUT2D eigenvalue weighted by Gasteiger charge is 2.30. The first-order valence-electron chi connectivity index (χ1n) is 13.0. The van der Waals surface area contributed by atoms with Crippen LogP contribution in [0.25, 0.3) is 28.0 Å². The number of nitrogens with zero attached hydrogens (tertiary/aromatic N) is 5. The number of halogens is 5. The molecular weight excluding hydrogens is 578 g/mol. The molecule has 0 radical (unpaired) electrons. The van der Waals surface area contributed by atoms with E-state index in [0.29, 0.717) is 30.0 Å². The molecule has 0 aliphatic carbocycles. The quantitative estimate of drug-likeness (QED) is 0.173. The van der Waals surface area contributed by atoms with E-state index in [2.05, 4.69) is 20.3 Å². The molecule has 1 fully saturated rings. The molecule has 1 saturated heterocycles. The van der Waals surface area contributed by atoms with E-state index in [1.165, 1.54) is 4.57 Å². The van der Waals surface area contributed by atoms with E-state index >= 15 is 8.78 Å². The molecule has 4 aromatic rings. The zero-order valence-electron chi connectivity index (χ0n) is 23.0. The number of rotatable bonds is 4. The predicted molar refractivity (Wildman–Crippen MR) is 156 cm³/mol. The summed E-state index contributed by atoms with van der Waals surface area (Å²) in [5.74, 6) is -3.46. The van der Waals surface area contributed by atoms with Crippen LogP contribution < -0.4 is 21.6 Å². The Bertz CT molecular complexity index is 1720. The number of anilines is 2. The van der Waals surface area contributed by atoms with Crippen LogP contribution in [0.2, 0.25) is 10.0 Å². The van der Waals surface area contributed by atoms with Crippen LogP contribution in [0, 0.1) is 24.4 Å². The number of nitrogens with two attached hydrogens (primary N) is 1. The van der Waals surface area contributed by atoms with Gasteiger partial charge in [0.1, 0.15) is 21.6 Å². The van der Waals surface area contributed by atoms with E-state index in [1.807, 2.05) is 32.6 Å². The first kappa shape index (κ1) is 29.1. The number of hydrogen-bond acceptors (Lipinski definition) is 7. The first-order chi connectivity index (χ1) is 19.3. The fourth-order valence-corrected chi connectivity index (χ4v) is 5.81. The van der Waals surface area contributed by atoms with Crippen LogP contribution in [0.5, 0.6) is 0 Å². The van der Waals surface area contributed by atoms with Gasteiger partial charge < -0.3 is 16.0 Å². The maximum atomic E-state index is 15.9. The van der Waals surface area contributed by atoms with Gasteiger partial charge in [-0.2, -0.15) is 4.98 Å². The van der Waals surface area contributed by atoms with Crippen LogP contribution >= 0.6 is 23.2 Å².